The second-order valence-corrected chi connectivity index (χ2v) is 9.69. The van der Waals surface area contributed by atoms with Gasteiger partial charge in [-0.05, 0) is 30.3 Å². The number of aliphatic hydroxyl groups excluding tert-OH is 1. The Hall–Kier alpha value is -3.45. The van der Waals surface area contributed by atoms with E-state index in [1.165, 1.54) is 0 Å². The third-order valence-corrected chi connectivity index (χ3v) is 6.78. The normalized spacial score (nSPS) is 16.7. The van der Waals surface area contributed by atoms with E-state index in [0.29, 0.717) is 43.6 Å². The number of halogens is 2. The molecule has 206 valence electrons. The summed E-state index contributed by atoms with van der Waals surface area (Å²) in [6, 6.07) is 9.69. The van der Waals surface area contributed by atoms with E-state index < -0.39 is 5.82 Å². The van der Waals surface area contributed by atoms with E-state index >= 15 is 0 Å². The summed E-state index contributed by atoms with van der Waals surface area (Å²) in [6.07, 6.45) is 2.84. The minimum atomic E-state index is -0.493. The monoisotopic (exact) mass is 555 g/mol. The third kappa shape index (κ3) is 7.35. The highest BCUT2D eigenvalue weighted by molar-refractivity contribution is 6.31. The summed E-state index contributed by atoms with van der Waals surface area (Å²) in [6.45, 7) is 6.86. The predicted molar refractivity (Wildman–Crippen MR) is 148 cm³/mol. The van der Waals surface area contributed by atoms with Crippen molar-refractivity contribution in [2.24, 2.45) is 10.2 Å². The summed E-state index contributed by atoms with van der Waals surface area (Å²) in [5, 5.41) is 21.4. The first-order chi connectivity index (χ1) is 19.1. The highest BCUT2D eigenvalue weighted by atomic mass is 35.5. The van der Waals surface area contributed by atoms with Crippen LogP contribution in [0.4, 0.5) is 33.2 Å². The summed E-state index contributed by atoms with van der Waals surface area (Å²) < 4.78 is 19.5. The van der Waals surface area contributed by atoms with Crippen LogP contribution in [0.5, 0.6) is 0 Å². The van der Waals surface area contributed by atoms with E-state index in [9.17, 15) is 4.39 Å². The van der Waals surface area contributed by atoms with Crippen molar-refractivity contribution in [2.45, 2.75) is 6.54 Å². The Labute approximate surface area is 231 Å². The van der Waals surface area contributed by atoms with Crippen molar-refractivity contribution in [1.29, 1.82) is 0 Å². The second-order valence-electron chi connectivity index (χ2n) is 9.25. The minimum Gasteiger partial charge on any atom is -0.395 e. The maximum Gasteiger partial charge on any atom is 0.270 e. The molecule has 2 aliphatic rings. The van der Waals surface area contributed by atoms with Gasteiger partial charge in [-0.3, -0.25) is 9.88 Å². The number of nitrogens with one attached hydrogen (secondary N) is 1. The molecule has 0 aliphatic carbocycles. The van der Waals surface area contributed by atoms with Gasteiger partial charge in [-0.2, -0.15) is 10.1 Å². The van der Waals surface area contributed by atoms with Crippen LogP contribution in [-0.2, 0) is 11.3 Å². The molecule has 5 rings (SSSR count). The average molecular weight is 556 g/mol. The number of nitrogens with zero attached hydrogens (tertiary/aromatic N) is 8. The maximum absolute atomic E-state index is 14.2. The summed E-state index contributed by atoms with van der Waals surface area (Å²) >= 11 is 6.42. The number of benzene rings is 1. The molecule has 3 aromatic rings. The molecule has 2 aromatic heterocycles. The van der Waals surface area contributed by atoms with Gasteiger partial charge < -0.3 is 25.0 Å². The first-order valence-corrected chi connectivity index (χ1v) is 13.3. The average Bonchev–Trinajstić information content (AvgIpc) is 2.96. The number of aliphatic hydroxyl groups is 1. The molecular formula is C26H31ClFN9O2. The number of hydrogen-bond acceptors (Lipinski definition) is 11. The number of anilines is 4. The smallest absolute Gasteiger partial charge is 0.270 e. The van der Waals surface area contributed by atoms with Gasteiger partial charge in [0.2, 0.25) is 0 Å². The van der Waals surface area contributed by atoms with Crippen molar-refractivity contribution in [3.8, 4) is 0 Å². The van der Waals surface area contributed by atoms with Crippen molar-refractivity contribution >= 4 is 40.4 Å². The Morgan fingerprint density at radius 3 is 2.54 bits per heavy atom. The SMILES string of the molecule is OCCN1CCN(c2cc(Cl)cc(Nc3ccc(CN=Nc4ncc(F)c(N5CCOCC5)n4)nc3)c2)CC1. The number of hydrogen-bond donors (Lipinski definition) is 2. The van der Waals surface area contributed by atoms with E-state index in [1.807, 2.05) is 29.2 Å². The van der Waals surface area contributed by atoms with E-state index in [0.717, 1.165) is 49.4 Å². The number of pyridine rings is 1. The van der Waals surface area contributed by atoms with Gasteiger partial charge in [-0.1, -0.05) is 11.6 Å². The van der Waals surface area contributed by atoms with Crippen LogP contribution in [0.15, 0.2) is 53.0 Å². The number of rotatable bonds is 9. The number of ether oxygens (including phenoxy) is 1. The summed E-state index contributed by atoms with van der Waals surface area (Å²) in [4.78, 5) is 19.0. The fraction of sp³-hybridized carbons (Fsp3) is 0.423. The quantitative estimate of drug-likeness (QED) is 0.382. The molecule has 1 aromatic carbocycles. The van der Waals surface area contributed by atoms with Gasteiger partial charge in [0.1, 0.15) is 6.54 Å². The largest absolute Gasteiger partial charge is 0.395 e. The van der Waals surface area contributed by atoms with Crippen molar-refractivity contribution in [3.63, 3.8) is 0 Å². The molecule has 13 heteroatoms. The lowest BCUT2D eigenvalue weighted by molar-refractivity contribution is 0.122. The molecule has 2 fully saturated rings. The molecule has 4 heterocycles. The fourth-order valence-corrected chi connectivity index (χ4v) is 4.75. The molecule has 0 saturated carbocycles. The fourth-order valence-electron chi connectivity index (χ4n) is 4.52. The Morgan fingerprint density at radius 1 is 0.974 bits per heavy atom. The first kappa shape index (κ1) is 27.1. The number of β-amino-alcohol motifs (C(OH)–C–C–N with tert-alkyl or cyclic N) is 1. The highest BCUT2D eigenvalue weighted by Gasteiger charge is 2.19. The lowest BCUT2D eigenvalue weighted by Gasteiger charge is -2.36. The molecule has 0 spiro atoms. The number of morpholine rings is 1. The Morgan fingerprint density at radius 2 is 1.79 bits per heavy atom. The Bertz CT molecular complexity index is 1270. The third-order valence-electron chi connectivity index (χ3n) is 6.57. The minimum absolute atomic E-state index is 0.0998. The Kier molecular flexibility index (Phi) is 9.09. The van der Waals surface area contributed by atoms with Gasteiger partial charge in [0.25, 0.3) is 5.95 Å². The highest BCUT2D eigenvalue weighted by Crippen LogP contribution is 2.28. The van der Waals surface area contributed by atoms with Crippen LogP contribution >= 0.6 is 11.6 Å². The summed E-state index contributed by atoms with van der Waals surface area (Å²) in [5.74, 6) is -0.181. The van der Waals surface area contributed by atoms with E-state index in [4.69, 9.17) is 21.4 Å². The molecule has 39 heavy (non-hydrogen) atoms. The molecule has 11 nitrogen and oxygen atoms in total. The molecule has 2 saturated heterocycles. The summed E-state index contributed by atoms with van der Waals surface area (Å²) in [5.41, 5.74) is 3.45. The van der Waals surface area contributed by atoms with Gasteiger partial charge in [0, 0.05) is 62.2 Å². The standard InChI is InChI=1S/C26H31ClFN9O2/c27-19-13-22(15-23(14-19)36-5-3-35(4-6-36)7-10-38)32-21-2-1-20(29-16-21)17-31-34-26-30-18-24(28)25(33-26)37-8-11-39-12-9-37/h1-2,13-16,18,32,38H,3-12,17H2. The zero-order valence-electron chi connectivity index (χ0n) is 21.5. The topological polar surface area (TPSA) is 115 Å². The van der Waals surface area contributed by atoms with Crippen LogP contribution in [0, 0.1) is 5.82 Å². The number of piperazine rings is 1. The zero-order valence-corrected chi connectivity index (χ0v) is 22.3. The van der Waals surface area contributed by atoms with Crippen LogP contribution in [0.3, 0.4) is 0 Å². The Balaban J connectivity index is 1.17. The lowest BCUT2D eigenvalue weighted by Crippen LogP contribution is -2.47. The van der Waals surface area contributed by atoms with Crippen molar-refractivity contribution < 1.29 is 14.2 Å². The molecule has 0 atom stereocenters. The molecule has 2 aliphatic heterocycles. The maximum atomic E-state index is 14.2. The van der Waals surface area contributed by atoms with E-state index in [2.05, 4.69) is 46.4 Å². The van der Waals surface area contributed by atoms with Crippen molar-refractivity contribution in [3.05, 3.63) is 59.3 Å². The van der Waals surface area contributed by atoms with Gasteiger partial charge in [-0.15, -0.1) is 5.11 Å². The molecule has 0 bridgehead atoms. The van der Waals surface area contributed by atoms with Crippen molar-refractivity contribution in [2.75, 3.05) is 80.8 Å². The summed E-state index contributed by atoms with van der Waals surface area (Å²) in [7, 11) is 0. The number of azo groups is 1. The van der Waals surface area contributed by atoms with E-state index in [1.54, 1.807) is 6.20 Å². The molecular weight excluding hydrogens is 525 g/mol. The van der Waals surface area contributed by atoms with Gasteiger partial charge in [-0.25, -0.2) is 9.37 Å². The molecule has 0 unspecified atom stereocenters. The van der Waals surface area contributed by atoms with Crippen LogP contribution in [0.1, 0.15) is 5.69 Å². The molecule has 2 N–H and O–H groups in total. The predicted octanol–water partition coefficient (Wildman–Crippen LogP) is 3.64. The van der Waals surface area contributed by atoms with E-state index in [-0.39, 0.29) is 24.9 Å². The van der Waals surface area contributed by atoms with Crippen LogP contribution in [0.25, 0.3) is 0 Å². The van der Waals surface area contributed by atoms with Crippen LogP contribution in [-0.4, -0.2) is 90.6 Å². The second kappa shape index (κ2) is 13.1. The van der Waals surface area contributed by atoms with Gasteiger partial charge >= 0.3 is 0 Å². The van der Waals surface area contributed by atoms with Gasteiger partial charge in [0.15, 0.2) is 11.6 Å². The molecule has 0 radical (unpaired) electrons. The first-order valence-electron chi connectivity index (χ1n) is 12.9. The van der Waals surface area contributed by atoms with Gasteiger partial charge in [0.05, 0.1) is 43.6 Å². The lowest BCUT2D eigenvalue weighted by atomic mass is 10.2. The van der Waals surface area contributed by atoms with Crippen LogP contribution in [0.2, 0.25) is 5.02 Å². The van der Waals surface area contributed by atoms with Crippen molar-refractivity contribution in [1.82, 2.24) is 19.9 Å². The van der Waals surface area contributed by atoms with Crippen LogP contribution < -0.4 is 15.1 Å². The zero-order chi connectivity index (χ0) is 27.0. The molecule has 0 amide bonds. The number of aromatic nitrogens is 3.